The first kappa shape index (κ1) is 66.1. The van der Waals surface area contributed by atoms with Crippen molar-refractivity contribution in [3.05, 3.63) is 109 Å². The van der Waals surface area contributed by atoms with E-state index in [-0.39, 0.29) is 31.1 Å². The Balaban J connectivity index is 4.42. The van der Waals surface area contributed by atoms with Crippen LogP contribution < -0.4 is 0 Å². The minimum Gasteiger partial charge on any atom is -0.462 e. The lowest BCUT2D eigenvalue weighted by molar-refractivity contribution is -0.167. The first-order valence-corrected chi connectivity index (χ1v) is 28.9. The van der Waals surface area contributed by atoms with Gasteiger partial charge < -0.3 is 14.2 Å². The van der Waals surface area contributed by atoms with Gasteiger partial charge >= 0.3 is 17.9 Å². The molecule has 1 atom stereocenters. The van der Waals surface area contributed by atoms with Crippen molar-refractivity contribution in [2.24, 2.45) is 0 Å². The standard InChI is InChI=1S/C64H106O6/c1-4-7-10-13-16-19-22-25-27-29-30-31-32-33-34-36-37-39-42-45-48-51-54-57-63(66)69-60-61(59-68-62(65)56-53-50-47-44-41-24-21-18-15-12-9-6-3)70-64(67)58-55-52-49-46-43-40-38-35-28-26-23-20-17-14-11-8-5-2/h7-8,10-11,16-17,19-20,25-28,30-31,33-34,37,39,61H,4-6,9,12-15,18,21-24,29,32,35-36,38,40-60H2,1-3H3/b10-7-,11-8-,19-16-,20-17-,27-25-,28-26-,31-30-,34-33-,39-37-. The largest absolute Gasteiger partial charge is 0.462 e. The normalized spacial score (nSPS) is 12.9. The number of allylic oxidation sites excluding steroid dienone is 18. The lowest BCUT2D eigenvalue weighted by Gasteiger charge is -2.18. The summed E-state index contributed by atoms with van der Waals surface area (Å²) in [6, 6.07) is 0. The molecule has 0 aromatic rings. The van der Waals surface area contributed by atoms with E-state index in [1.54, 1.807) is 0 Å². The third-order valence-electron chi connectivity index (χ3n) is 12.0. The molecule has 6 heteroatoms. The maximum Gasteiger partial charge on any atom is 0.306 e. The second kappa shape index (κ2) is 57.6. The summed E-state index contributed by atoms with van der Waals surface area (Å²) in [5.41, 5.74) is 0. The van der Waals surface area contributed by atoms with E-state index >= 15 is 0 Å². The zero-order chi connectivity index (χ0) is 50.7. The Labute approximate surface area is 431 Å². The molecule has 0 fully saturated rings. The molecule has 0 aromatic heterocycles. The smallest absolute Gasteiger partial charge is 0.306 e. The van der Waals surface area contributed by atoms with E-state index < -0.39 is 6.10 Å². The molecule has 0 aliphatic heterocycles. The Kier molecular flexibility index (Phi) is 54.4. The number of hydrogen-bond donors (Lipinski definition) is 0. The second-order valence-corrected chi connectivity index (χ2v) is 18.8. The molecule has 0 heterocycles. The zero-order valence-electron chi connectivity index (χ0n) is 45.5. The van der Waals surface area contributed by atoms with Gasteiger partial charge in [-0.2, -0.15) is 0 Å². The van der Waals surface area contributed by atoms with Crippen LogP contribution in [0.2, 0.25) is 0 Å². The van der Waals surface area contributed by atoms with Gasteiger partial charge in [-0.05, 0) is 103 Å². The molecule has 398 valence electrons. The maximum atomic E-state index is 12.9. The molecule has 0 bridgehead atoms. The van der Waals surface area contributed by atoms with Crippen LogP contribution in [-0.4, -0.2) is 37.2 Å². The summed E-state index contributed by atoms with van der Waals surface area (Å²) in [5, 5.41) is 0. The molecule has 0 saturated heterocycles. The van der Waals surface area contributed by atoms with Gasteiger partial charge in [0.1, 0.15) is 13.2 Å². The lowest BCUT2D eigenvalue weighted by atomic mass is 10.0. The van der Waals surface area contributed by atoms with Crippen LogP contribution >= 0.6 is 0 Å². The zero-order valence-corrected chi connectivity index (χ0v) is 45.5. The van der Waals surface area contributed by atoms with Gasteiger partial charge in [-0.15, -0.1) is 0 Å². The highest BCUT2D eigenvalue weighted by molar-refractivity contribution is 5.71. The molecule has 70 heavy (non-hydrogen) atoms. The van der Waals surface area contributed by atoms with Crippen LogP contribution in [0.4, 0.5) is 0 Å². The van der Waals surface area contributed by atoms with Crippen molar-refractivity contribution >= 4 is 17.9 Å². The summed E-state index contributed by atoms with van der Waals surface area (Å²) in [7, 11) is 0. The average Bonchev–Trinajstić information content (AvgIpc) is 3.36. The minimum atomic E-state index is -0.795. The number of carbonyl (C=O) groups is 3. The highest BCUT2D eigenvalue weighted by atomic mass is 16.6. The maximum absolute atomic E-state index is 12.9. The Morgan fingerprint density at radius 2 is 0.557 bits per heavy atom. The van der Waals surface area contributed by atoms with Gasteiger partial charge in [0, 0.05) is 19.3 Å². The van der Waals surface area contributed by atoms with Gasteiger partial charge in [0.05, 0.1) is 0 Å². The summed E-state index contributed by atoms with van der Waals surface area (Å²) < 4.78 is 16.8. The first-order chi connectivity index (χ1) is 34.5. The van der Waals surface area contributed by atoms with Crippen molar-refractivity contribution in [3.63, 3.8) is 0 Å². The summed E-state index contributed by atoms with van der Waals surface area (Å²) in [6.07, 6.45) is 77.9. The quantitative estimate of drug-likeness (QED) is 0.0262. The van der Waals surface area contributed by atoms with Gasteiger partial charge in [-0.3, -0.25) is 14.4 Å². The number of carbonyl (C=O) groups excluding carboxylic acids is 3. The lowest BCUT2D eigenvalue weighted by Crippen LogP contribution is -2.30. The van der Waals surface area contributed by atoms with Crippen molar-refractivity contribution in [2.45, 2.75) is 264 Å². The number of hydrogen-bond acceptors (Lipinski definition) is 6. The van der Waals surface area contributed by atoms with Crippen LogP contribution in [0.15, 0.2) is 109 Å². The van der Waals surface area contributed by atoms with Gasteiger partial charge in [0.15, 0.2) is 6.10 Å². The van der Waals surface area contributed by atoms with Gasteiger partial charge in [0.2, 0.25) is 0 Å². The molecule has 1 unspecified atom stereocenters. The Morgan fingerprint density at radius 3 is 0.871 bits per heavy atom. The second-order valence-electron chi connectivity index (χ2n) is 18.8. The number of esters is 3. The molecule has 6 nitrogen and oxygen atoms in total. The topological polar surface area (TPSA) is 78.9 Å². The third kappa shape index (κ3) is 55.0. The fraction of sp³-hybridized carbons (Fsp3) is 0.672. The molecule has 0 aliphatic carbocycles. The Morgan fingerprint density at radius 1 is 0.300 bits per heavy atom. The molecule has 0 spiro atoms. The summed E-state index contributed by atoms with van der Waals surface area (Å²) in [6.45, 7) is 6.39. The Bertz CT molecular complexity index is 1440. The van der Waals surface area contributed by atoms with E-state index in [9.17, 15) is 14.4 Å². The van der Waals surface area contributed by atoms with E-state index in [2.05, 4.69) is 130 Å². The van der Waals surface area contributed by atoms with E-state index in [1.807, 2.05) is 0 Å². The van der Waals surface area contributed by atoms with Crippen molar-refractivity contribution in [1.82, 2.24) is 0 Å². The van der Waals surface area contributed by atoms with Crippen LogP contribution in [0.3, 0.4) is 0 Å². The van der Waals surface area contributed by atoms with Gasteiger partial charge in [-0.25, -0.2) is 0 Å². The highest BCUT2D eigenvalue weighted by Gasteiger charge is 2.19. The Hall–Kier alpha value is -3.93. The fourth-order valence-corrected chi connectivity index (χ4v) is 7.75. The SMILES string of the molecule is CC/C=C\C/C=C\C/C=C\C/C=C\C/C=C\C/C=C\CCCCCCC(=O)OCC(COC(=O)CCCCCCCCCCCCCC)OC(=O)CCCCCCCCC/C=C\C/C=C\C/C=C\CC. The predicted octanol–water partition coefficient (Wildman–Crippen LogP) is 19.5. The highest BCUT2D eigenvalue weighted by Crippen LogP contribution is 2.15. The van der Waals surface area contributed by atoms with Gasteiger partial charge in [0.25, 0.3) is 0 Å². The summed E-state index contributed by atoms with van der Waals surface area (Å²) in [5.74, 6) is -0.924. The molecule has 0 aromatic carbocycles. The van der Waals surface area contributed by atoms with Gasteiger partial charge in [-0.1, -0.05) is 246 Å². The van der Waals surface area contributed by atoms with Crippen molar-refractivity contribution < 1.29 is 28.6 Å². The van der Waals surface area contributed by atoms with E-state index in [0.717, 1.165) is 135 Å². The summed E-state index contributed by atoms with van der Waals surface area (Å²) in [4.78, 5) is 38.1. The molecular formula is C64H106O6. The molecule has 0 N–H and O–H groups in total. The van der Waals surface area contributed by atoms with Crippen molar-refractivity contribution in [3.8, 4) is 0 Å². The summed E-state index contributed by atoms with van der Waals surface area (Å²) >= 11 is 0. The first-order valence-electron chi connectivity index (χ1n) is 28.9. The molecule has 0 radical (unpaired) electrons. The minimum absolute atomic E-state index is 0.0900. The molecule has 0 amide bonds. The van der Waals surface area contributed by atoms with Crippen LogP contribution in [0.1, 0.15) is 258 Å². The van der Waals surface area contributed by atoms with E-state index in [0.29, 0.717) is 19.3 Å². The molecule has 0 aliphatic rings. The molecular weight excluding hydrogens is 865 g/mol. The number of rotatable bonds is 51. The van der Waals surface area contributed by atoms with Crippen molar-refractivity contribution in [1.29, 1.82) is 0 Å². The number of ether oxygens (including phenoxy) is 3. The predicted molar refractivity (Wildman–Crippen MR) is 302 cm³/mol. The monoisotopic (exact) mass is 971 g/mol. The van der Waals surface area contributed by atoms with Crippen LogP contribution in [0.25, 0.3) is 0 Å². The van der Waals surface area contributed by atoms with Crippen molar-refractivity contribution in [2.75, 3.05) is 13.2 Å². The molecule has 0 saturated carbocycles. The average molecular weight is 972 g/mol. The third-order valence-corrected chi connectivity index (χ3v) is 12.0. The van der Waals surface area contributed by atoms with E-state index in [4.69, 9.17) is 14.2 Å². The van der Waals surface area contributed by atoms with Crippen LogP contribution in [-0.2, 0) is 28.6 Å². The van der Waals surface area contributed by atoms with Crippen LogP contribution in [0, 0.1) is 0 Å². The van der Waals surface area contributed by atoms with E-state index in [1.165, 1.54) is 83.5 Å². The number of unbranched alkanes of at least 4 members (excludes halogenated alkanes) is 22. The molecule has 0 rings (SSSR count). The fourth-order valence-electron chi connectivity index (χ4n) is 7.75. The van der Waals surface area contributed by atoms with Crippen LogP contribution in [0.5, 0.6) is 0 Å².